The molecule has 2 rings (SSSR count). The van der Waals surface area contributed by atoms with Crippen molar-refractivity contribution in [3.05, 3.63) is 48.5 Å². The van der Waals surface area contributed by atoms with E-state index in [9.17, 15) is 0 Å². The van der Waals surface area contributed by atoms with Gasteiger partial charge in [0.2, 0.25) is 0 Å². The molecule has 17 heavy (non-hydrogen) atoms. The Kier molecular flexibility index (Phi) is 3.77. The molecule has 1 heterocycles. The molecule has 1 atom stereocenters. The van der Waals surface area contributed by atoms with E-state index in [1.165, 1.54) is 5.56 Å². The summed E-state index contributed by atoms with van der Waals surface area (Å²) in [5, 5.41) is 0. The van der Waals surface area contributed by atoms with Crippen molar-refractivity contribution in [1.82, 2.24) is 9.55 Å². The fraction of sp³-hybridized carbons (Fsp3) is 0.308. The fourth-order valence-electron chi connectivity index (χ4n) is 1.97. The summed E-state index contributed by atoms with van der Waals surface area (Å²) < 4.78 is 2.11. The van der Waals surface area contributed by atoms with Crippen LogP contribution in [0, 0.1) is 0 Å². The van der Waals surface area contributed by atoms with Crippen molar-refractivity contribution in [2.75, 3.05) is 12.3 Å². The summed E-state index contributed by atoms with van der Waals surface area (Å²) >= 11 is 0. The summed E-state index contributed by atoms with van der Waals surface area (Å²) in [5.41, 5.74) is 13.3. The number of hydrogen-bond acceptors (Lipinski definition) is 3. The van der Waals surface area contributed by atoms with Gasteiger partial charge in [0.25, 0.3) is 0 Å². The van der Waals surface area contributed by atoms with Gasteiger partial charge >= 0.3 is 0 Å². The molecule has 0 saturated carbocycles. The number of hydrogen-bond donors (Lipinski definition) is 2. The number of imidazole rings is 1. The van der Waals surface area contributed by atoms with Crippen molar-refractivity contribution in [1.29, 1.82) is 0 Å². The van der Waals surface area contributed by atoms with E-state index in [1.54, 1.807) is 6.20 Å². The third-order valence-electron chi connectivity index (χ3n) is 2.89. The maximum atomic E-state index is 5.71. The third kappa shape index (κ3) is 2.85. The standard InChI is InChI=1S/C13H18N4/c14-7-1-2-13(17-9-8-16-10-17)11-3-5-12(15)6-4-11/h3-6,8-10,13H,1-2,7,14-15H2. The first-order chi connectivity index (χ1) is 8.31. The van der Waals surface area contributed by atoms with Crippen LogP contribution >= 0.6 is 0 Å². The first kappa shape index (κ1) is 11.7. The molecule has 2 aromatic rings. The average Bonchev–Trinajstić information content (AvgIpc) is 2.85. The highest BCUT2D eigenvalue weighted by atomic mass is 15.0. The molecule has 90 valence electrons. The van der Waals surface area contributed by atoms with Crippen LogP contribution in [-0.2, 0) is 0 Å². The molecule has 4 heteroatoms. The van der Waals surface area contributed by atoms with Gasteiger partial charge in [0, 0.05) is 18.1 Å². The molecule has 1 aromatic carbocycles. The van der Waals surface area contributed by atoms with Gasteiger partial charge in [0.1, 0.15) is 0 Å². The van der Waals surface area contributed by atoms with E-state index in [0.29, 0.717) is 12.6 Å². The summed E-state index contributed by atoms with van der Waals surface area (Å²) in [4.78, 5) is 4.10. The van der Waals surface area contributed by atoms with Gasteiger partial charge < -0.3 is 16.0 Å². The first-order valence-electron chi connectivity index (χ1n) is 5.84. The predicted octanol–water partition coefficient (Wildman–Crippen LogP) is 1.79. The van der Waals surface area contributed by atoms with Gasteiger partial charge in [-0.2, -0.15) is 0 Å². The Morgan fingerprint density at radius 2 is 2.00 bits per heavy atom. The van der Waals surface area contributed by atoms with Crippen LogP contribution in [-0.4, -0.2) is 16.1 Å². The van der Waals surface area contributed by atoms with E-state index in [2.05, 4.69) is 21.7 Å². The number of anilines is 1. The van der Waals surface area contributed by atoms with Crippen LogP contribution in [0.3, 0.4) is 0 Å². The maximum Gasteiger partial charge on any atom is 0.0951 e. The minimum atomic E-state index is 0.293. The highest BCUT2D eigenvalue weighted by Gasteiger charge is 2.12. The minimum absolute atomic E-state index is 0.293. The summed E-state index contributed by atoms with van der Waals surface area (Å²) in [6, 6.07) is 8.29. The lowest BCUT2D eigenvalue weighted by atomic mass is 10.0. The van der Waals surface area contributed by atoms with E-state index in [4.69, 9.17) is 11.5 Å². The lowest BCUT2D eigenvalue weighted by molar-refractivity contribution is 0.523. The third-order valence-corrected chi connectivity index (χ3v) is 2.89. The summed E-state index contributed by atoms with van der Waals surface area (Å²) in [5.74, 6) is 0. The van der Waals surface area contributed by atoms with E-state index in [1.807, 2.05) is 24.7 Å². The minimum Gasteiger partial charge on any atom is -0.399 e. The van der Waals surface area contributed by atoms with Gasteiger partial charge in [-0.3, -0.25) is 0 Å². The van der Waals surface area contributed by atoms with E-state index in [0.717, 1.165) is 18.5 Å². The number of aromatic nitrogens is 2. The highest BCUT2D eigenvalue weighted by Crippen LogP contribution is 2.23. The van der Waals surface area contributed by atoms with Gasteiger partial charge in [-0.05, 0) is 37.1 Å². The number of nitrogens with two attached hydrogens (primary N) is 2. The second kappa shape index (κ2) is 5.50. The SMILES string of the molecule is NCCCC(c1ccc(N)cc1)n1ccnc1. The van der Waals surface area contributed by atoms with Crippen LogP contribution in [0.2, 0.25) is 0 Å². The zero-order valence-corrected chi connectivity index (χ0v) is 9.79. The van der Waals surface area contributed by atoms with Crippen molar-refractivity contribution in [3.8, 4) is 0 Å². The normalized spacial score (nSPS) is 12.5. The second-order valence-corrected chi connectivity index (χ2v) is 4.12. The molecule has 0 amide bonds. The predicted molar refractivity (Wildman–Crippen MR) is 69.5 cm³/mol. The molecule has 1 aromatic heterocycles. The average molecular weight is 230 g/mol. The monoisotopic (exact) mass is 230 g/mol. The molecule has 4 N–H and O–H groups in total. The van der Waals surface area contributed by atoms with Gasteiger partial charge in [-0.15, -0.1) is 0 Å². The van der Waals surface area contributed by atoms with Crippen LogP contribution in [0.5, 0.6) is 0 Å². The zero-order valence-electron chi connectivity index (χ0n) is 9.79. The lowest BCUT2D eigenvalue weighted by Crippen LogP contribution is -2.11. The molecule has 4 nitrogen and oxygen atoms in total. The van der Waals surface area contributed by atoms with Gasteiger partial charge in [0.15, 0.2) is 0 Å². The molecule has 0 spiro atoms. The van der Waals surface area contributed by atoms with E-state index < -0.39 is 0 Å². The number of rotatable bonds is 5. The van der Waals surface area contributed by atoms with Crippen LogP contribution < -0.4 is 11.5 Å². The maximum absolute atomic E-state index is 5.71. The molecule has 0 fully saturated rings. The van der Waals surface area contributed by atoms with Crippen molar-refractivity contribution in [3.63, 3.8) is 0 Å². The molecule has 0 radical (unpaired) electrons. The Hall–Kier alpha value is -1.81. The Bertz CT molecular complexity index is 433. The molecular formula is C13H18N4. The van der Waals surface area contributed by atoms with Crippen LogP contribution in [0.1, 0.15) is 24.4 Å². The van der Waals surface area contributed by atoms with Crippen LogP contribution in [0.4, 0.5) is 5.69 Å². The van der Waals surface area contributed by atoms with Crippen LogP contribution in [0.15, 0.2) is 43.0 Å². The Morgan fingerprint density at radius 3 is 2.59 bits per heavy atom. The molecule has 0 aliphatic rings. The molecule has 0 saturated heterocycles. The van der Waals surface area contributed by atoms with Gasteiger partial charge in [0.05, 0.1) is 12.4 Å². The Morgan fingerprint density at radius 1 is 1.24 bits per heavy atom. The number of benzene rings is 1. The lowest BCUT2D eigenvalue weighted by Gasteiger charge is -2.18. The smallest absolute Gasteiger partial charge is 0.0951 e. The molecule has 1 unspecified atom stereocenters. The molecule has 0 aliphatic carbocycles. The van der Waals surface area contributed by atoms with Gasteiger partial charge in [-0.25, -0.2) is 4.98 Å². The fourth-order valence-corrected chi connectivity index (χ4v) is 1.97. The van der Waals surface area contributed by atoms with E-state index in [-0.39, 0.29) is 0 Å². The molecule has 0 bridgehead atoms. The second-order valence-electron chi connectivity index (χ2n) is 4.12. The number of nitrogen functional groups attached to an aromatic ring is 1. The quantitative estimate of drug-likeness (QED) is 0.769. The van der Waals surface area contributed by atoms with E-state index >= 15 is 0 Å². The Balaban J connectivity index is 2.23. The van der Waals surface area contributed by atoms with Crippen molar-refractivity contribution in [2.24, 2.45) is 5.73 Å². The zero-order chi connectivity index (χ0) is 12.1. The Labute approximate surface area is 101 Å². The highest BCUT2D eigenvalue weighted by molar-refractivity contribution is 5.40. The van der Waals surface area contributed by atoms with Crippen molar-refractivity contribution < 1.29 is 0 Å². The molecule has 0 aliphatic heterocycles. The largest absolute Gasteiger partial charge is 0.399 e. The van der Waals surface area contributed by atoms with Crippen LogP contribution in [0.25, 0.3) is 0 Å². The number of nitrogens with zero attached hydrogens (tertiary/aromatic N) is 2. The van der Waals surface area contributed by atoms with Crippen molar-refractivity contribution in [2.45, 2.75) is 18.9 Å². The topological polar surface area (TPSA) is 69.9 Å². The summed E-state index contributed by atoms with van der Waals surface area (Å²) in [6.07, 6.45) is 7.63. The molecular weight excluding hydrogens is 212 g/mol. The summed E-state index contributed by atoms with van der Waals surface area (Å²) in [6.45, 7) is 0.709. The first-order valence-corrected chi connectivity index (χ1v) is 5.84. The van der Waals surface area contributed by atoms with Crippen molar-refractivity contribution >= 4 is 5.69 Å². The summed E-state index contributed by atoms with van der Waals surface area (Å²) in [7, 11) is 0. The van der Waals surface area contributed by atoms with Gasteiger partial charge in [-0.1, -0.05) is 12.1 Å².